The molecule has 0 bridgehead atoms. The van der Waals surface area contributed by atoms with Crippen molar-refractivity contribution in [2.75, 3.05) is 0 Å². The quantitative estimate of drug-likeness (QED) is 0.567. The lowest BCUT2D eigenvalue weighted by atomic mass is 9.84. The average molecular weight is 453 g/mol. The Morgan fingerprint density at radius 2 is 1.81 bits per heavy atom. The van der Waals surface area contributed by atoms with Crippen LogP contribution in [0.25, 0.3) is 5.70 Å². The molecule has 0 spiro atoms. The number of halogens is 1. The maximum Gasteiger partial charge on any atom is 0.232 e. The third-order valence-corrected chi connectivity index (χ3v) is 6.72. The van der Waals surface area contributed by atoms with Crippen molar-refractivity contribution in [3.63, 3.8) is 0 Å². The summed E-state index contributed by atoms with van der Waals surface area (Å²) in [5.41, 5.74) is 9.62. The van der Waals surface area contributed by atoms with Crippen LogP contribution in [-0.2, 0) is 4.79 Å². The van der Waals surface area contributed by atoms with Crippen LogP contribution in [0.3, 0.4) is 0 Å². The number of benzene rings is 2. The Balaban J connectivity index is 1.79. The molecule has 3 rings (SSSR count). The molecule has 0 saturated carbocycles. The summed E-state index contributed by atoms with van der Waals surface area (Å²) in [6, 6.07) is 15.6. The number of aliphatic imine (C=N–C) groups is 1. The van der Waals surface area contributed by atoms with Crippen molar-refractivity contribution in [1.82, 2.24) is 10.2 Å². The van der Waals surface area contributed by atoms with Crippen molar-refractivity contribution >= 4 is 29.2 Å². The molecule has 2 aromatic carbocycles. The van der Waals surface area contributed by atoms with Gasteiger partial charge in [-0.2, -0.15) is 0 Å². The van der Waals surface area contributed by atoms with E-state index < -0.39 is 5.54 Å². The lowest BCUT2D eigenvalue weighted by Gasteiger charge is -2.40. The molecular formula is C26H33ClN4O. The Hall–Kier alpha value is -2.79. The Bertz CT molecular complexity index is 1050. The van der Waals surface area contributed by atoms with Crippen LogP contribution in [-0.4, -0.2) is 22.3 Å². The van der Waals surface area contributed by atoms with Crippen LogP contribution in [0.2, 0.25) is 5.02 Å². The Morgan fingerprint density at radius 1 is 1.16 bits per heavy atom. The standard InChI is InChI=1S/C26H33ClN4O/c1-16(2)26(6)15-24(32)31(25(28)30-26)19(5)22-11-7-9-20(13-22)17(3)29-18(4)21-10-8-12-23(27)14-21/h7-14,16,18-19,29H,3,15H2,1-2,4-6H3,(H2,28,30)/t18-,19+,26-/m0/s1. The maximum absolute atomic E-state index is 13.0. The van der Waals surface area contributed by atoms with E-state index in [4.69, 9.17) is 17.3 Å². The number of amides is 1. The molecule has 1 aliphatic heterocycles. The summed E-state index contributed by atoms with van der Waals surface area (Å²) < 4.78 is 0. The van der Waals surface area contributed by atoms with E-state index in [-0.39, 0.29) is 29.9 Å². The molecule has 32 heavy (non-hydrogen) atoms. The fourth-order valence-corrected chi connectivity index (χ4v) is 4.16. The zero-order valence-corrected chi connectivity index (χ0v) is 20.3. The van der Waals surface area contributed by atoms with Gasteiger partial charge in [0.1, 0.15) is 0 Å². The SMILES string of the molecule is C=C(N[C@@H](C)c1cccc(Cl)c1)c1cccc([C@@H](C)N2C(=O)C[C@@](C)(C(C)C)N=C2N)c1. The Kier molecular flexibility index (Phi) is 6.99. The number of carbonyl (C=O) groups is 1. The van der Waals surface area contributed by atoms with E-state index in [0.717, 1.165) is 22.4 Å². The largest absolute Gasteiger partial charge is 0.379 e. The molecule has 1 heterocycles. The molecular weight excluding hydrogens is 420 g/mol. The second-order valence-electron chi connectivity index (χ2n) is 9.12. The number of carbonyl (C=O) groups excluding carboxylic acids is 1. The number of nitrogens with two attached hydrogens (primary N) is 1. The van der Waals surface area contributed by atoms with Gasteiger partial charge in [-0.15, -0.1) is 0 Å². The summed E-state index contributed by atoms with van der Waals surface area (Å²) in [6.07, 6.45) is 0.348. The minimum Gasteiger partial charge on any atom is -0.379 e. The predicted octanol–water partition coefficient (Wildman–Crippen LogP) is 5.68. The summed E-state index contributed by atoms with van der Waals surface area (Å²) in [5.74, 6) is 0.502. The fourth-order valence-electron chi connectivity index (χ4n) is 3.96. The van der Waals surface area contributed by atoms with E-state index in [1.807, 2.05) is 62.4 Å². The summed E-state index contributed by atoms with van der Waals surface area (Å²) in [4.78, 5) is 19.3. The molecule has 0 saturated heterocycles. The van der Waals surface area contributed by atoms with Gasteiger partial charge in [-0.3, -0.25) is 9.69 Å². The first-order valence-corrected chi connectivity index (χ1v) is 11.4. The topological polar surface area (TPSA) is 70.7 Å². The van der Waals surface area contributed by atoms with Crippen LogP contribution in [0.15, 0.2) is 60.1 Å². The average Bonchev–Trinajstić information content (AvgIpc) is 2.73. The first-order chi connectivity index (χ1) is 15.0. The van der Waals surface area contributed by atoms with Crippen molar-refractivity contribution in [2.45, 2.75) is 58.7 Å². The predicted molar refractivity (Wildman–Crippen MR) is 133 cm³/mol. The van der Waals surface area contributed by atoms with Crippen LogP contribution in [0.4, 0.5) is 0 Å². The number of hydrogen-bond donors (Lipinski definition) is 2. The van der Waals surface area contributed by atoms with E-state index in [0.29, 0.717) is 11.4 Å². The molecule has 6 heteroatoms. The van der Waals surface area contributed by atoms with Crippen molar-refractivity contribution in [1.29, 1.82) is 0 Å². The van der Waals surface area contributed by atoms with Gasteiger partial charge < -0.3 is 11.1 Å². The zero-order valence-electron chi connectivity index (χ0n) is 19.5. The molecule has 0 aromatic heterocycles. The molecule has 2 aromatic rings. The van der Waals surface area contributed by atoms with Crippen molar-refractivity contribution in [2.24, 2.45) is 16.6 Å². The van der Waals surface area contributed by atoms with Gasteiger partial charge >= 0.3 is 0 Å². The zero-order chi connectivity index (χ0) is 23.6. The lowest BCUT2D eigenvalue weighted by molar-refractivity contribution is -0.131. The van der Waals surface area contributed by atoms with Gasteiger partial charge in [-0.05, 0) is 61.6 Å². The number of rotatable bonds is 7. The molecule has 1 amide bonds. The lowest BCUT2D eigenvalue weighted by Crippen LogP contribution is -2.52. The number of guanidine groups is 1. The van der Waals surface area contributed by atoms with E-state index in [1.165, 1.54) is 0 Å². The van der Waals surface area contributed by atoms with Crippen LogP contribution in [0.1, 0.15) is 69.8 Å². The highest BCUT2D eigenvalue weighted by molar-refractivity contribution is 6.30. The van der Waals surface area contributed by atoms with Crippen LogP contribution < -0.4 is 11.1 Å². The van der Waals surface area contributed by atoms with Gasteiger partial charge in [0.05, 0.1) is 18.0 Å². The van der Waals surface area contributed by atoms with Gasteiger partial charge in [0, 0.05) is 16.8 Å². The van der Waals surface area contributed by atoms with Gasteiger partial charge in [0.15, 0.2) is 5.96 Å². The molecule has 0 fully saturated rings. The van der Waals surface area contributed by atoms with Crippen molar-refractivity contribution in [3.05, 3.63) is 76.8 Å². The summed E-state index contributed by atoms with van der Waals surface area (Å²) in [6.45, 7) is 14.4. The number of nitrogens with one attached hydrogen (secondary N) is 1. The minimum absolute atomic E-state index is 0.00173. The minimum atomic E-state index is -0.464. The highest BCUT2D eigenvalue weighted by Crippen LogP contribution is 2.33. The van der Waals surface area contributed by atoms with Gasteiger partial charge in [0.2, 0.25) is 5.91 Å². The summed E-state index contributed by atoms with van der Waals surface area (Å²) in [7, 11) is 0. The monoisotopic (exact) mass is 452 g/mol. The Morgan fingerprint density at radius 3 is 2.44 bits per heavy atom. The van der Waals surface area contributed by atoms with Crippen LogP contribution in [0, 0.1) is 5.92 Å². The number of hydrogen-bond acceptors (Lipinski definition) is 4. The molecule has 3 N–H and O–H groups in total. The molecule has 3 atom stereocenters. The van der Waals surface area contributed by atoms with E-state index >= 15 is 0 Å². The number of nitrogens with zero attached hydrogens (tertiary/aromatic N) is 2. The third kappa shape index (κ3) is 4.99. The maximum atomic E-state index is 13.0. The molecule has 0 radical (unpaired) electrons. The second-order valence-corrected chi connectivity index (χ2v) is 9.56. The fraction of sp³-hybridized carbons (Fsp3) is 0.385. The Labute approximate surface area is 196 Å². The molecule has 0 aliphatic carbocycles. The molecule has 5 nitrogen and oxygen atoms in total. The van der Waals surface area contributed by atoms with Gasteiger partial charge in [-0.25, -0.2) is 4.99 Å². The smallest absolute Gasteiger partial charge is 0.232 e. The van der Waals surface area contributed by atoms with Gasteiger partial charge in [-0.1, -0.05) is 62.4 Å². The first kappa shape index (κ1) is 23.9. The van der Waals surface area contributed by atoms with E-state index in [2.05, 4.69) is 37.7 Å². The molecule has 1 aliphatic rings. The highest BCUT2D eigenvalue weighted by atomic mass is 35.5. The van der Waals surface area contributed by atoms with Crippen LogP contribution >= 0.6 is 11.6 Å². The normalized spacial score (nSPS) is 20.7. The van der Waals surface area contributed by atoms with Gasteiger partial charge in [0.25, 0.3) is 0 Å². The van der Waals surface area contributed by atoms with E-state index in [9.17, 15) is 4.79 Å². The molecule has 170 valence electrons. The van der Waals surface area contributed by atoms with Crippen LogP contribution in [0.5, 0.6) is 0 Å². The second kappa shape index (κ2) is 9.37. The summed E-state index contributed by atoms with van der Waals surface area (Å²) in [5, 5.41) is 4.15. The third-order valence-electron chi connectivity index (χ3n) is 6.48. The summed E-state index contributed by atoms with van der Waals surface area (Å²) >= 11 is 6.13. The van der Waals surface area contributed by atoms with Crippen molar-refractivity contribution in [3.8, 4) is 0 Å². The van der Waals surface area contributed by atoms with E-state index in [1.54, 1.807) is 4.90 Å². The first-order valence-electron chi connectivity index (χ1n) is 11.0. The molecule has 0 unspecified atom stereocenters. The highest BCUT2D eigenvalue weighted by Gasteiger charge is 2.40. The van der Waals surface area contributed by atoms with Crippen molar-refractivity contribution < 1.29 is 4.79 Å².